The number of carbonyl (C=O) groups is 1. The third kappa shape index (κ3) is 3.07. The summed E-state index contributed by atoms with van der Waals surface area (Å²) in [5.74, 6) is -0.136. The monoisotopic (exact) mass is 250 g/mol. The molecule has 90 valence electrons. The Bertz CT molecular complexity index is 457. The van der Waals surface area contributed by atoms with Gasteiger partial charge >= 0.3 is 0 Å². The molecule has 1 N–H and O–H groups in total. The lowest BCUT2D eigenvalue weighted by atomic mass is 10.0. The van der Waals surface area contributed by atoms with E-state index in [0.29, 0.717) is 10.6 Å². The fourth-order valence-electron chi connectivity index (χ4n) is 1.88. The number of nitrogens with one attached hydrogen (secondary N) is 1. The summed E-state index contributed by atoms with van der Waals surface area (Å²) >= 11 is 6.03. The van der Waals surface area contributed by atoms with E-state index in [0.717, 1.165) is 25.0 Å². The Morgan fingerprint density at radius 3 is 3.00 bits per heavy atom. The molecule has 2 rings (SSSR count). The maximum absolute atomic E-state index is 12.0. The third-order valence-electron chi connectivity index (χ3n) is 2.84. The van der Waals surface area contributed by atoms with E-state index < -0.39 is 0 Å². The molecular formula is C13H15ClN2O. The van der Waals surface area contributed by atoms with Crippen molar-refractivity contribution in [2.24, 2.45) is 0 Å². The molecule has 0 bridgehead atoms. The smallest absolute Gasteiger partial charge is 0.254 e. The Morgan fingerprint density at radius 1 is 1.53 bits per heavy atom. The highest BCUT2D eigenvalue weighted by Crippen LogP contribution is 2.17. The number of aromatic nitrogens is 1. The number of aryl methyl sites for hydroxylation is 1. The zero-order valence-corrected chi connectivity index (χ0v) is 10.5. The van der Waals surface area contributed by atoms with Crippen LogP contribution in [0.4, 0.5) is 0 Å². The molecule has 1 aliphatic rings. The average Bonchev–Trinajstić information content (AvgIpc) is 2.30. The number of allylic oxidation sites excluding steroid dienone is 1. The Balaban J connectivity index is 2.06. The fourth-order valence-corrected chi connectivity index (χ4v) is 2.17. The van der Waals surface area contributed by atoms with E-state index in [9.17, 15) is 4.79 Å². The zero-order chi connectivity index (χ0) is 12.3. The van der Waals surface area contributed by atoms with Crippen LogP contribution in [0.25, 0.3) is 0 Å². The molecule has 3 nitrogen and oxygen atoms in total. The summed E-state index contributed by atoms with van der Waals surface area (Å²) in [5, 5.41) is 3.44. The molecule has 1 amide bonds. The highest BCUT2D eigenvalue weighted by molar-refractivity contribution is 6.33. The van der Waals surface area contributed by atoms with Crippen molar-refractivity contribution in [1.82, 2.24) is 10.3 Å². The molecule has 4 heteroatoms. The topological polar surface area (TPSA) is 42.0 Å². The number of halogens is 1. The first-order valence-corrected chi connectivity index (χ1v) is 6.12. The van der Waals surface area contributed by atoms with Gasteiger partial charge in [0.25, 0.3) is 5.91 Å². The molecule has 0 aromatic carbocycles. The number of hydrogen-bond acceptors (Lipinski definition) is 2. The minimum absolute atomic E-state index is 0.136. The highest BCUT2D eigenvalue weighted by atomic mass is 35.5. The number of carbonyl (C=O) groups excluding carboxylic acids is 1. The van der Waals surface area contributed by atoms with Gasteiger partial charge in [0.1, 0.15) is 0 Å². The Kier molecular flexibility index (Phi) is 3.79. The van der Waals surface area contributed by atoms with Gasteiger partial charge in [0.05, 0.1) is 10.6 Å². The van der Waals surface area contributed by atoms with E-state index in [1.807, 2.05) is 6.92 Å². The molecule has 17 heavy (non-hydrogen) atoms. The van der Waals surface area contributed by atoms with E-state index in [2.05, 4.69) is 22.5 Å². The quantitative estimate of drug-likeness (QED) is 0.820. The average molecular weight is 251 g/mol. The number of amides is 1. The normalized spacial score (nSPS) is 19.1. The Labute approximate surface area is 106 Å². The molecule has 0 fully saturated rings. The Morgan fingerprint density at radius 2 is 2.35 bits per heavy atom. The molecule has 0 saturated carbocycles. The first kappa shape index (κ1) is 12.1. The largest absolute Gasteiger partial charge is 0.349 e. The summed E-state index contributed by atoms with van der Waals surface area (Å²) in [6.07, 6.45) is 8.67. The zero-order valence-electron chi connectivity index (χ0n) is 9.74. The van der Waals surface area contributed by atoms with Crippen LogP contribution in [-0.2, 0) is 0 Å². The van der Waals surface area contributed by atoms with Gasteiger partial charge < -0.3 is 5.32 Å². The molecule has 0 spiro atoms. The minimum Gasteiger partial charge on any atom is -0.349 e. The van der Waals surface area contributed by atoms with Crippen LogP contribution >= 0.6 is 11.6 Å². The highest BCUT2D eigenvalue weighted by Gasteiger charge is 2.16. The predicted octanol–water partition coefficient (Wildman–Crippen LogP) is 2.88. The second-order valence-corrected chi connectivity index (χ2v) is 4.67. The molecule has 0 radical (unpaired) electrons. The molecule has 1 heterocycles. The van der Waals surface area contributed by atoms with Gasteiger partial charge in [-0.15, -0.1) is 0 Å². The molecule has 1 aliphatic carbocycles. The molecule has 0 saturated heterocycles. The van der Waals surface area contributed by atoms with Gasteiger partial charge in [0.2, 0.25) is 0 Å². The predicted molar refractivity (Wildman–Crippen MR) is 68.2 cm³/mol. The number of hydrogen-bond donors (Lipinski definition) is 1. The van der Waals surface area contributed by atoms with Gasteiger partial charge in [-0.05, 0) is 32.3 Å². The summed E-state index contributed by atoms with van der Waals surface area (Å²) in [5.41, 5.74) is 1.26. The van der Waals surface area contributed by atoms with Crippen LogP contribution in [0.3, 0.4) is 0 Å². The minimum atomic E-state index is -0.136. The van der Waals surface area contributed by atoms with Crippen LogP contribution in [-0.4, -0.2) is 16.9 Å². The lowest BCUT2D eigenvalue weighted by Crippen LogP contribution is -2.35. The van der Waals surface area contributed by atoms with Crippen LogP contribution in [0.5, 0.6) is 0 Å². The number of rotatable bonds is 2. The van der Waals surface area contributed by atoms with Crippen molar-refractivity contribution >= 4 is 17.5 Å². The molecule has 0 aliphatic heterocycles. The standard InChI is InChI=1S/C13H15ClN2O/c1-9-7-12(14)11(8-15-9)13(17)16-10-5-3-2-4-6-10/h2-3,7-8,10H,4-6H2,1H3,(H,16,17). The van der Waals surface area contributed by atoms with Gasteiger partial charge in [0.15, 0.2) is 0 Å². The van der Waals surface area contributed by atoms with Crippen LogP contribution in [0, 0.1) is 6.92 Å². The molecule has 1 unspecified atom stereocenters. The summed E-state index contributed by atoms with van der Waals surface area (Å²) in [6.45, 7) is 1.85. The second kappa shape index (κ2) is 5.32. The van der Waals surface area contributed by atoms with Gasteiger partial charge in [-0.25, -0.2) is 0 Å². The summed E-state index contributed by atoms with van der Waals surface area (Å²) < 4.78 is 0. The maximum Gasteiger partial charge on any atom is 0.254 e. The van der Waals surface area contributed by atoms with Crippen molar-refractivity contribution in [2.45, 2.75) is 32.2 Å². The van der Waals surface area contributed by atoms with Crippen molar-refractivity contribution in [3.63, 3.8) is 0 Å². The first-order chi connectivity index (χ1) is 8.16. The fraction of sp³-hybridized carbons (Fsp3) is 0.385. The summed E-state index contributed by atoms with van der Waals surface area (Å²) in [7, 11) is 0. The first-order valence-electron chi connectivity index (χ1n) is 5.75. The van der Waals surface area contributed by atoms with Crippen LogP contribution in [0.1, 0.15) is 35.3 Å². The van der Waals surface area contributed by atoms with Crippen molar-refractivity contribution in [3.05, 3.63) is 40.7 Å². The molecular weight excluding hydrogens is 236 g/mol. The van der Waals surface area contributed by atoms with E-state index in [4.69, 9.17) is 11.6 Å². The maximum atomic E-state index is 12.0. The lowest BCUT2D eigenvalue weighted by Gasteiger charge is -2.19. The van der Waals surface area contributed by atoms with Crippen molar-refractivity contribution in [1.29, 1.82) is 0 Å². The van der Waals surface area contributed by atoms with E-state index in [1.54, 1.807) is 6.07 Å². The Hall–Kier alpha value is -1.35. The molecule has 1 atom stereocenters. The van der Waals surface area contributed by atoms with Crippen LogP contribution < -0.4 is 5.32 Å². The van der Waals surface area contributed by atoms with Gasteiger partial charge in [0, 0.05) is 17.9 Å². The van der Waals surface area contributed by atoms with Crippen molar-refractivity contribution < 1.29 is 4.79 Å². The van der Waals surface area contributed by atoms with Gasteiger partial charge in [-0.2, -0.15) is 0 Å². The van der Waals surface area contributed by atoms with E-state index >= 15 is 0 Å². The van der Waals surface area contributed by atoms with Crippen molar-refractivity contribution in [2.75, 3.05) is 0 Å². The molecule has 1 aromatic rings. The summed E-state index contributed by atoms with van der Waals surface area (Å²) in [4.78, 5) is 16.1. The van der Waals surface area contributed by atoms with Crippen LogP contribution in [0.2, 0.25) is 5.02 Å². The van der Waals surface area contributed by atoms with E-state index in [-0.39, 0.29) is 11.9 Å². The summed E-state index contributed by atoms with van der Waals surface area (Å²) in [6, 6.07) is 1.92. The van der Waals surface area contributed by atoms with Crippen molar-refractivity contribution in [3.8, 4) is 0 Å². The van der Waals surface area contributed by atoms with E-state index in [1.165, 1.54) is 6.20 Å². The number of pyridine rings is 1. The lowest BCUT2D eigenvalue weighted by molar-refractivity contribution is 0.0934. The van der Waals surface area contributed by atoms with Gasteiger partial charge in [-0.1, -0.05) is 23.8 Å². The third-order valence-corrected chi connectivity index (χ3v) is 3.15. The second-order valence-electron chi connectivity index (χ2n) is 4.26. The number of nitrogens with zero attached hydrogens (tertiary/aromatic N) is 1. The van der Waals surface area contributed by atoms with Crippen LogP contribution in [0.15, 0.2) is 24.4 Å². The SMILES string of the molecule is Cc1cc(Cl)c(C(=O)NC2CC=CCC2)cn1. The molecule has 1 aromatic heterocycles. The van der Waals surface area contributed by atoms with Gasteiger partial charge in [-0.3, -0.25) is 9.78 Å².